The lowest BCUT2D eigenvalue weighted by molar-refractivity contribution is -0.137. The summed E-state index contributed by atoms with van der Waals surface area (Å²) in [5, 5.41) is 9.68. The predicted octanol–water partition coefficient (Wildman–Crippen LogP) is 1.71. The molecule has 94 valence electrons. The van der Waals surface area contributed by atoms with Crippen molar-refractivity contribution in [1.29, 1.82) is 0 Å². The van der Waals surface area contributed by atoms with Crippen LogP contribution in [-0.4, -0.2) is 40.0 Å². The molecule has 2 aromatic rings. The van der Waals surface area contributed by atoms with E-state index in [-0.39, 0.29) is 12.5 Å². The summed E-state index contributed by atoms with van der Waals surface area (Å²) in [6, 6.07) is 9.28. The number of H-pyrrole nitrogens is 1. The van der Waals surface area contributed by atoms with Crippen molar-refractivity contribution in [2.24, 2.45) is 0 Å². The van der Waals surface area contributed by atoms with E-state index >= 15 is 0 Å². The Balaban J connectivity index is 2.29. The molecule has 5 heteroatoms. The number of carbonyl (C=O) groups excluding carboxylic acids is 1. The maximum Gasteiger partial charge on any atom is 0.323 e. The maximum atomic E-state index is 12.1. The van der Waals surface area contributed by atoms with Crippen molar-refractivity contribution in [3.05, 3.63) is 36.0 Å². The second-order valence-corrected chi connectivity index (χ2v) is 3.98. The van der Waals surface area contributed by atoms with E-state index in [1.807, 2.05) is 24.3 Å². The second kappa shape index (κ2) is 4.91. The van der Waals surface area contributed by atoms with Crippen molar-refractivity contribution < 1.29 is 14.7 Å². The third-order valence-electron chi connectivity index (χ3n) is 2.76. The molecule has 1 aromatic heterocycles. The van der Waals surface area contributed by atoms with Gasteiger partial charge in [-0.3, -0.25) is 9.59 Å². The van der Waals surface area contributed by atoms with E-state index in [1.165, 1.54) is 4.90 Å². The van der Waals surface area contributed by atoms with Crippen molar-refractivity contribution in [2.75, 3.05) is 13.1 Å². The Bertz CT molecular complexity index is 556. The fourth-order valence-corrected chi connectivity index (χ4v) is 1.85. The zero-order valence-electron chi connectivity index (χ0n) is 10.0. The van der Waals surface area contributed by atoms with Crippen LogP contribution in [0, 0.1) is 0 Å². The first-order chi connectivity index (χ1) is 8.61. The van der Waals surface area contributed by atoms with Crippen LogP contribution in [0.5, 0.6) is 0 Å². The topological polar surface area (TPSA) is 73.4 Å². The number of aliphatic carboxylic acids is 1. The Labute approximate surface area is 104 Å². The summed E-state index contributed by atoms with van der Waals surface area (Å²) in [6.07, 6.45) is 0. The summed E-state index contributed by atoms with van der Waals surface area (Å²) in [5.41, 5.74) is 1.28. The van der Waals surface area contributed by atoms with Gasteiger partial charge in [0.05, 0.1) is 0 Å². The number of carboxylic acid groups (broad SMARTS) is 1. The number of fused-ring (bicyclic) bond motifs is 1. The molecular weight excluding hydrogens is 232 g/mol. The average molecular weight is 246 g/mol. The number of aromatic nitrogens is 1. The normalized spacial score (nSPS) is 10.5. The molecule has 0 unspecified atom stereocenters. The smallest absolute Gasteiger partial charge is 0.323 e. The van der Waals surface area contributed by atoms with Gasteiger partial charge in [0.2, 0.25) is 0 Å². The summed E-state index contributed by atoms with van der Waals surface area (Å²) < 4.78 is 0. The molecule has 0 radical (unpaired) electrons. The van der Waals surface area contributed by atoms with Crippen LogP contribution in [-0.2, 0) is 4.79 Å². The van der Waals surface area contributed by atoms with Crippen molar-refractivity contribution in [1.82, 2.24) is 9.88 Å². The number of aromatic amines is 1. The molecule has 0 fully saturated rings. The number of carbonyl (C=O) groups is 2. The summed E-state index contributed by atoms with van der Waals surface area (Å²) in [6.45, 7) is 1.83. The van der Waals surface area contributed by atoms with Crippen molar-refractivity contribution in [2.45, 2.75) is 6.92 Å². The molecule has 2 N–H and O–H groups in total. The fourth-order valence-electron chi connectivity index (χ4n) is 1.85. The first kappa shape index (κ1) is 12.2. The van der Waals surface area contributed by atoms with Gasteiger partial charge < -0.3 is 15.0 Å². The first-order valence-electron chi connectivity index (χ1n) is 5.70. The van der Waals surface area contributed by atoms with Crippen LogP contribution in [0.2, 0.25) is 0 Å². The highest BCUT2D eigenvalue weighted by Crippen LogP contribution is 2.15. The van der Waals surface area contributed by atoms with E-state index in [4.69, 9.17) is 5.11 Å². The molecule has 0 bridgehead atoms. The molecule has 18 heavy (non-hydrogen) atoms. The first-order valence-corrected chi connectivity index (χ1v) is 5.70. The Morgan fingerprint density at radius 3 is 2.67 bits per heavy atom. The van der Waals surface area contributed by atoms with Gasteiger partial charge in [-0.1, -0.05) is 18.2 Å². The standard InChI is InChI=1S/C13H14N2O3/c1-2-15(8-12(16)17)13(18)11-7-9-5-3-4-6-10(9)14-11/h3-7,14H,2,8H2,1H3,(H,16,17). The largest absolute Gasteiger partial charge is 0.480 e. The van der Waals surface area contributed by atoms with Crippen LogP contribution in [0.25, 0.3) is 10.9 Å². The van der Waals surface area contributed by atoms with Gasteiger partial charge in [0, 0.05) is 17.4 Å². The molecule has 0 saturated heterocycles. The Hall–Kier alpha value is -2.30. The van der Waals surface area contributed by atoms with Gasteiger partial charge >= 0.3 is 5.97 Å². The number of nitrogens with zero attached hydrogens (tertiary/aromatic N) is 1. The number of likely N-dealkylation sites (N-methyl/N-ethyl adjacent to an activating group) is 1. The van der Waals surface area contributed by atoms with E-state index in [0.29, 0.717) is 12.2 Å². The van der Waals surface area contributed by atoms with Crippen LogP contribution in [0.3, 0.4) is 0 Å². The lowest BCUT2D eigenvalue weighted by Crippen LogP contribution is -2.35. The van der Waals surface area contributed by atoms with E-state index < -0.39 is 5.97 Å². The van der Waals surface area contributed by atoms with Gasteiger partial charge in [0.25, 0.3) is 5.91 Å². The highest BCUT2D eigenvalue weighted by Gasteiger charge is 2.18. The Morgan fingerprint density at radius 1 is 1.33 bits per heavy atom. The molecule has 0 aliphatic carbocycles. The molecule has 1 heterocycles. The molecule has 1 aromatic carbocycles. The van der Waals surface area contributed by atoms with Crippen molar-refractivity contribution in [3.8, 4) is 0 Å². The van der Waals surface area contributed by atoms with Crippen molar-refractivity contribution >= 4 is 22.8 Å². The predicted molar refractivity (Wildman–Crippen MR) is 67.5 cm³/mol. The summed E-state index contributed by atoms with van der Waals surface area (Å²) >= 11 is 0. The van der Waals surface area contributed by atoms with E-state index in [0.717, 1.165) is 10.9 Å². The van der Waals surface area contributed by atoms with E-state index in [9.17, 15) is 9.59 Å². The van der Waals surface area contributed by atoms with Crippen LogP contribution < -0.4 is 0 Å². The number of rotatable bonds is 4. The molecule has 0 atom stereocenters. The van der Waals surface area contributed by atoms with Gasteiger partial charge in [0.1, 0.15) is 12.2 Å². The van der Waals surface area contributed by atoms with Gasteiger partial charge in [-0.15, -0.1) is 0 Å². The minimum Gasteiger partial charge on any atom is -0.480 e. The molecular formula is C13H14N2O3. The van der Waals surface area contributed by atoms with Crippen LogP contribution in [0.1, 0.15) is 17.4 Å². The minimum atomic E-state index is -1.01. The number of para-hydroxylation sites is 1. The average Bonchev–Trinajstić information content (AvgIpc) is 2.78. The molecule has 0 aliphatic heterocycles. The van der Waals surface area contributed by atoms with Gasteiger partial charge in [-0.05, 0) is 19.1 Å². The highest BCUT2D eigenvalue weighted by atomic mass is 16.4. The maximum absolute atomic E-state index is 12.1. The van der Waals surface area contributed by atoms with E-state index in [1.54, 1.807) is 13.0 Å². The van der Waals surface area contributed by atoms with Crippen LogP contribution in [0.15, 0.2) is 30.3 Å². The minimum absolute atomic E-state index is 0.287. The monoisotopic (exact) mass is 246 g/mol. The zero-order chi connectivity index (χ0) is 13.1. The van der Waals surface area contributed by atoms with Gasteiger partial charge in [-0.2, -0.15) is 0 Å². The number of amides is 1. The van der Waals surface area contributed by atoms with Crippen LogP contribution >= 0.6 is 0 Å². The molecule has 0 spiro atoms. The SMILES string of the molecule is CCN(CC(=O)O)C(=O)c1cc2ccccc2[nH]1. The number of benzene rings is 1. The summed E-state index contributed by atoms with van der Waals surface area (Å²) in [4.78, 5) is 27.1. The molecule has 5 nitrogen and oxygen atoms in total. The Kier molecular flexibility index (Phi) is 3.32. The Morgan fingerprint density at radius 2 is 2.06 bits per heavy atom. The molecule has 1 amide bonds. The summed E-state index contributed by atoms with van der Waals surface area (Å²) in [5.74, 6) is -1.31. The second-order valence-electron chi connectivity index (χ2n) is 3.98. The molecule has 0 aliphatic rings. The molecule has 0 saturated carbocycles. The highest BCUT2D eigenvalue weighted by molar-refractivity contribution is 5.99. The van der Waals surface area contributed by atoms with Crippen molar-refractivity contribution in [3.63, 3.8) is 0 Å². The fraction of sp³-hybridized carbons (Fsp3) is 0.231. The third kappa shape index (κ3) is 2.34. The van der Waals surface area contributed by atoms with E-state index in [2.05, 4.69) is 4.98 Å². The number of hydrogen-bond donors (Lipinski definition) is 2. The molecule has 2 rings (SSSR count). The number of hydrogen-bond acceptors (Lipinski definition) is 2. The zero-order valence-corrected chi connectivity index (χ0v) is 10.0. The lowest BCUT2D eigenvalue weighted by Gasteiger charge is -2.17. The summed E-state index contributed by atoms with van der Waals surface area (Å²) in [7, 11) is 0. The van der Waals surface area contributed by atoms with Gasteiger partial charge in [0.15, 0.2) is 0 Å². The van der Waals surface area contributed by atoms with Crippen LogP contribution in [0.4, 0.5) is 0 Å². The number of nitrogens with one attached hydrogen (secondary N) is 1. The lowest BCUT2D eigenvalue weighted by atomic mass is 10.2. The number of carboxylic acids is 1. The van der Waals surface area contributed by atoms with Gasteiger partial charge in [-0.25, -0.2) is 0 Å². The quantitative estimate of drug-likeness (QED) is 0.862. The third-order valence-corrected chi connectivity index (χ3v) is 2.76.